The van der Waals surface area contributed by atoms with Gasteiger partial charge in [-0.1, -0.05) is 29.3 Å². The Balaban J connectivity index is 2.61. The predicted molar refractivity (Wildman–Crippen MR) is 76.2 cm³/mol. The van der Waals surface area contributed by atoms with Gasteiger partial charge in [0.25, 0.3) is 0 Å². The highest BCUT2D eigenvalue weighted by molar-refractivity contribution is 9.09. The van der Waals surface area contributed by atoms with Gasteiger partial charge in [-0.25, -0.2) is 13.1 Å². The molecular formula is C12H19BrN2O2S. The number of nitrogens with zero attached hydrogens (tertiary/aromatic N) is 1. The minimum atomic E-state index is -3.42. The lowest BCUT2D eigenvalue weighted by Crippen LogP contribution is -2.29. The Morgan fingerprint density at radius 2 is 2.22 bits per heavy atom. The fraction of sp³-hybridized carbons (Fsp3) is 0.583. The minimum absolute atomic E-state index is 0.221. The van der Waals surface area contributed by atoms with Crippen LogP contribution in [0.25, 0.3) is 0 Å². The van der Waals surface area contributed by atoms with Gasteiger partial charge in [0, 0.05) is 24.3 Å². The normalized spacial score (nSPS) is 13.4. The quantitative estimate of drug-likeness (QED) is 0.743. The molecule has 18 heavy (non-hydrogen) atoms. The van der Waals surface area contributed by atoms with E-state index in [2.05, 4.69) is 32.6 Å². The molecule has 1 unspecified atom stereocenters. The number of sulfonamides is 1. The molecule has 1 aromatic rings. The van der Waals surface area contributed by atoms with Gasteiger partial charge in [-0.2, -0.15) is 0 Å². The second-order valence-corrected chi connectivity index (χ2v) is 6.73. The van der Waals surface area contributed by atoms with Gasteiger partial charge < -0.3 is 0 Å². The number of pyridine rings is 1. The van der Waals surface area contributed by atoms with Gasteiger partial charge in [0.2, 0.25) is 10.0 Å². The van der Waals surface area contributed by atoms with Gasteiger partial charge in [-0.05, 0) is 30.9 Å². The van der Waals surface area contributed by atoms with E-state index in [-0.39, 0.29) is 4.90 Å². The first-order valence-electron chi connectivity index (χ1n) is 6.05. The second kappa shape index (κ2) is 7.86. The molecule has 0 fully saturated rings. The summed E-state index contributed by atoms with van der Waals surface area (Å²) in [5.74, 6) is 0.376. The van der Waals surface area contributed by atoms with Crippen LogP contribution in [0.15, 0.2) is 29.4 Å². The summed E-state index contributed by atoms with van der Waals surface area (Å²) in [6.45, 7) is 2.59. The number of hydrogen-bond acceptors (Lipinski definition) is 3. The third kappa shape index (κ3) is 5.04. The molecule has 1 heterocycles. The topological polar surface area (TPSA) is 59.1 Å². The fourth-order valence-electron chi connectivity index (χ4n) is 1.73. The van der Waals surface area contributed by atoms with Crippen molar-refractivity contribution in [1.82, 2.24) is 9.71 Å². The van der Waals surface area contributed by atoms with Crippen LogP contribution >= 0.6 is 15.9 Å². The lowest BCUT2D eigenvalue weighted by Gasteiger charge is -2.15. The maximum Gasteiger partial charge on any atom is 0.242 e. The second-order valence-electron chi connectivity index (χ2n) is 4.17. The van der Waals surface area contributed by atoms with E-state index in [1.165, 1.54) is 6.20 Å². The zero-order valence-electron chi connectivity index (χ0n) is 10.5. The summed E-state index contributed by atoms with van der Waals surface area (Å²) in [4.78, 5) is 4.05. The van der Waals surface area contributed by atoms with Crippen molar-refractivity contribution >= 4 is 26.0 Å². The average Bonchev–Trinajstić information content (AvgIpc) is 2.38. The molecule has 0 saturated heterocycles. The monoisotopic (exact) mass is 334 g/mol. The van der Waals surface area contributed by atoms with E-state index in [0.717, 1.165) is 24.6 Å². The molecule has 0 aliphatic carbocycles. The van der Waals surface area contributed by atoms with Crippen molar-refractivity contribution in [3.63, 3.8) is 0 Å². The largest absolute Gasteiger partial charge is 0.263 e. The van der Waals surface area contributed by atoms with Crippen molar-refractivity contribution < 1.29 is 8.42 Å². The Morgan fingerprint density at radius 3 is 2.78 bits per heavy atom. The SMILES string of the molecule is CCCC(CCBr)CNS(=O)(=O)c1cccnc1. The molecule has 1 aromatic heterocycles. The third-order valence-electron chi connectivity index (χ3n) is 2.72. The van der Waals surface area contributed by atoms with Crippen LogP contribution in [0.5, 0.6) is 0 Å². The molecule has 0 radical (unpaired) electrons. The third-order valence-corrected chi connectivity index (χ3v) is 4.59. The summed E-state index contributed by atoms with van der Waals surface area (Å²) in [6, 6.07) is 3.17. The maximum absolute atomic E-state index is 12.0. The van der Waals surface area contributed by atoms with Crippen LogP contribution in [0.4, 0.5) is 0 Å². The minimum Gasteiger partial charge on any atom is -0.263 e. The van der Waals surface area contributed by atoms with E-state index >= 15 is 0 Å². The predicted octanol–water partition coefficient (Wildman–Crippen LogP) is 2.56. The van der Waals surface area contributed by atoms with E-state index in [1.807, 2.05) is 0 Å². The van der Waals surface area contributed by atoms with Crippen LogP contribution in [0.1, 0.15) is 26.2 Å². The van der Waals surface area contributed by atoms with Crippen LogP contribution in [-0.4, -0.2) is 25.3 Å². The highest BCUT2D eigenvalue weighted by Gasteiger charge is 2.16. The molecule has 1 N–H and O–H groups in total. The number of hydrogen-bond donors (Lipinski definition) is 1. The molecule has 0 bridgehead atoms. The summed E-state index contributed by atoms with van der Waals surface area (Å²) < 4.78 is 26.6. The molecule has 4 nitrogen and oxygen atoms in total. The number of aromatic nitrogens is 1. The zero-order valence-corrected chi connectivity index (χ0v) is 12.9. The smallest absolute Gasteiger partial charge is 0.242 e. The average molecular weight is 335 g/mol. The molecule has 1 rings (SSSR count). The summed E-state index contributed by atoms with van der Waals surface area (Å²) in [5.41, 5.74) is 0. The Bertz CT molecular complexity index is 431. The maximum atomic E-state index is 12.0. The number of rotatable bonds is 8. The molecule has 0 aliphatic rings. The van der Waals surface area contributed by atoms with Gasteiger partial charge >= 0.3 is 0 Å². The first-order valence-corrected chi connectivity index (χ1v) is 8.66. The van der Waals surface area contributed by atoms with Crippen molar-refractivity contribution in [2.45, 2.75) is 31.1 Å². The van der Waals surface area contributed by atoms with E-state index in [1.54, 1.807) is 18.3 Å². The van der Waals surface area contributed by atoms with E-state index in [9.17, 15) is 8.42 Å². The molecule has 0 spiro atoms. The fourth-order valence-corrected chi connectivity index (χ4v) is 3.45. The Hall–Kier alpha value is -0.460. The first-order chi connectivity index (χ1) is 8.60. The van der Waals surface area contributed by atoms with Gasteiger partial charge in [-0.15, -0.1) is 0 Å². The summed E-state index contributed by atoms with van der Waals surface area (Å²) in [6.07, 6.45) is 5.99. The van der Waals surface area contributed by atoms with E-state index in [0.29, 0.717) is 12.5 Å². The summed E-state index contributed by atoms with van der Waals surface area (Å²) in [5, 5.41) is 0.895. The van der Waals surface area contributed by atoms with Crippen LogP contribution in [0, 0.1) is 5.92 Å². The lowest BCUT2D eigenvalue weighted by molar-refractivity contribution is 0.459. The van der Waals surface area contributed by atoms with Crippen molar-refractivity contribution in [3.05, 3.63) is 24.5 Å². The summed E-state index contributed by atoms with van der Waals surface area (Å²) >= 11 is 3.40. The van der Waals surface area contributed by atoms with Gasteiger partial charge in [-0.3, -0.25) is 4.98 Å². The van der Waals surface area contributed by atoms with E-state index < -0.39 is 10.0 Å². The highest BCUT2D eigenvalue weighted by atomic mass is 79.9. The molecular weight excluding hydrogens is 316 g/mol. The van der Waals surface area contributed by atoms with Crippen LogP contribution in [0.3, 0.4) is 0 Å². The van der Waals surface area contributed by atoms with Gasteiger partial charge in [0.05, 0.1) is 0 Å². The number of halogens is 1. The molecule has 0 aliphatic heterocycles. The molecule has 0 aromatic carbocycles. The van der Waals surface area contributed by atoms with Crippen molar-refractivity contribution in [3.8, 4) is 0 Å². The Labute approximate surface area is 117 Å². The van der Waals surface area contributed by atoms with Crippen LogP contribution in [-0.2, 0) is 10.0 Å². The Kier molecular flexibility index (Phi) is 6.81. The number of alkyl halides is 1. The molecule has 102 valence electrons. The summed E-state index contributed by atoms with van der Waals surface area (Å²) in [7, 11) is -3.42. The van der Waals surface area contributed by atoms with Gasteiger partial charge in [0.15, 0.2) is 0 Å². The molecule has 0 saturated carbocycles. The lowest BCUT2D eigenvalue weighted by atomic mass is 10.0. The number of nitrogens with one attached hydrogen (secondary N) is 1. The zero-order chi connectivity index (χ0) is 13.4. The van der Waals surface area contributed by atoms with E-state index in [4.69, 9.17) is 0 Å². The molecule has 0 amide bonds. The van der Waals surface area contributed by atoms with Crippen molar-refractivity contribution in [1.29, 1.82) is 0 Å². The molecule has 6 heteroatoms. The van der Waals surface area contributed by atoms with Crippen LogP contribution in [0.2, 0.25) is 0 Å². The standard InChI is InChI=1S/C12H19BrN2O2S/c1-2-4-11(6-7-13)9-15-18(16,17)12-5-3-8-14-10-12/h3,5,8,10-11,15H,2,4,6-7,9H2,1H3. The van der Waals surface area contributed by atoms with Crippen molar-refractivity contribution in [2.24, 2.45) is 5.92 Å². The first kappa shape index (κ1) is 15.6. The molecule has 1 atom stereocenters. The van der Waals surface area contributed by atoms with Gasteiger partial charge in [0.1, 0.15) is 4.90 Å². The Morgan fingerprint density at radius 1 is 1.44 bits per heavy atom. The van der Waals surface area contributed by atoms with Crippen molar-refractivity contribution in [2.75, 3.05) is 11.9 Å². The highest BCUT2D eigenvalue weighted by Crippen LogP contribution is 2.13. The van der Waals surface area contributed by atoms with Crippen LogP contribution < -0.4 is 4.72 Å².